The van der Waals surface area contributed by atoms with Crippen LogP contribution >= 0.6 is 11.6 Å². The first-order valence-corrected chi connectivity index (χ1v) is 10.2. The second-order valence-electron chi connectivity index (χ2n) is 7.35. The number of urea groups is 1. The third kappa shape index (κ3) is 5.07. The van der Waals surface area contributed by atoms with Crippen LogP contribution < -0.4 is 5.32 Å². The molecule has 3 rings (SSSR count). The summed E-state index contributed by atoms with van der Waals surface area (Å²) in [5, 5.41) is 11.4. The Morgan fingerprint density at radius 3 is 2.59 bits per heavy atom. The summed E-state index contributed by atoms with van der Waals surface area (Å²) in [6.07, 6.45) is -3.43. The van der Waals surface area contributed by atoms with Crippen LogP contribution in [0.1, 0.15) is 22.5 Å². The number of hydrogen-bond acceptors (Lipinski definition) is 5. The van der Waals surface area contributed by atoms with Gasteiger partial charge in [-0.25, -0.2) is 9.59 Å². The van der Waals surface area contributed by atoms with Crippen LogP contribution in [0.25, 0.3) is 11.8 Å². The number of nitrogens with zero attached hydrogens (tertiary/aromatic N) is 3. The standard InChI is InChI=1S/C22H18ClF3N4O4/c1-12-7-14(13(2)30(12)16-3-4-18(23)17(9-16)22(24,25)26)8-15(10-27)20(32)34-11-19(31)29-6-5-28-21(29)33/h3-4,7-9H,5-6,11H2,1-2H3,(H,28,33)/b15-8+. The van der Waals surface area contributed by atoms with Crippen LogP contribution in [-0.2, 0) is 20.5 Å². The van der Waals surface area contributed by atoms with Crippen molar-refractivity contribution in [3.8, 4) is 11.8 Å². The Labute approximate surface area is 197 Å². The minimum absolute atomic E-state index is 0.142. The van der Waals surface area contributed by atoms with Gasteiger partial charge >= 0.3 is 18.2 Å². The Balaban J connectivity index is 1.85. The van der Waals surface area contributed by atoms with Gasteiger partial charge in [0.05, 0.1) is 10.6 Å². The molecule has 1 N–H and O–H groups in total. The van der Waals surface area contributed by atoms with Crippen molar-refractivity contribution in [1.29, 1.82) is 5.26 Å². The number of carbonyl (C=O) groups excluding carboxylic acids is 3. The van der Waals surface area contributed by atoms with Crippen LogP contribution in [0, 0.1) is 25.2 Å². The summed E-state index contributed by atoms with van der Waals surface area (Å²) in [4.78, 5) is 36.7. The van der Waals surface area contributed by atoms with E-state index in [1.54, 1.807) is 26.0 Å². The molecule has 1 aromatic carbocycles. The zero-order chi connectivity index (χ0) is 25.2. The van der Waals surface area contributed by atoms with Crippen molar-refractivity contribution in [3.05, 3.63) is 57.4 Å². The molecule has 0 aliphatic carbocycles. The molecule has 0 radical (unpaired) electrons. The van der Waals surface area contributed by atoms with E-state index in [9.17, 15) is 32.8 Å². The molecule has 1 aromatic heterocycles. The van der Waals surface area contributed by atoms with Crippen molar-refractivity contribution in [2.75, 3.05) is 19.7 Å². The highest BCUT2D eigenvalue weighted by molar-refractivity contribution is 6.31. The summed E-state index contributed by atoms with van der Waals surface area (Å²) >= 11 is 5.70. The minimum Gasteiger partial charge on any atom is -0.451 e. The molecule has 0 bridgehead atoms. The number of ether oxygens (including phenoxy) is 1. The van der Waals surface area contributed by atoms with Gasteiger partial charge < -0.3 is 14.6 Å². The second-order valence-corrected chi connectivity index (χ2v) is 7.75. The average molecular weight is 495 g/mol. The summed E-state index contributed by atoms with van der Waals surface area (Å²) in [5.74, 6) is -1.81. The van der Waals surface area contributed by atoms with Crippen LogP contribution in [0.15, 0.2) is 29.8 Å². The highest BCUT2D eigenvalue weighted by atomic mass is 35.5. The van der Waals surface area contributed by atoms with Gasteiger partial charge in [-0.1, -0.05) is 11.6 Å². The van der Waals surface area contributed by atoms with E-state index in [0.717, 1.165) is 17.0 Å². The molecule has 1 fully saturated rings. The number of hydrogen-bond donors (Lipinski definition) is 1. The number of benzene rings is 1. The fourth-order valence-corrected chi connectivity index (χ4v) is 3.71. The largest absolute Gasteiger partial charge is 0.451 e. The number of amides is 3. The van der Waals surface area contributed by atoms with Gasteiger partial charge in [-0.2, -0.15) is 18.4 Å². The summed E-state index contributed by atoms with van der Waals surface area (Å²) in [5.41, 5.74) is 0.167. The molecule has 2 heterocycles. The van der Waals surface area contributed by atoms with Gasteiger partial charge in [-0.15, -0.1) is 0 Å². The van der Waals surface area contributed by atoms with E-state index in [0.29, 0.717) is 17.0 Å². The van der Waals surface area contributed by atoms with E-state index < -0.39 is 46.8 Å². The molecular formula is C22H18ClF3N4O4. The Hall–Kier alpha value is -3.78. The van der Waals surface area contributed by atoms with Gasteiger partial charge in [0.1, 0.15) is 11.6 Å². The quantitative estimate of drug-likeness (QED) is 0.387. The molecule has 3 amide bonds. The number of aryl methyl sites for hydroxylation is 1. The van der Waals surface area contributed by atoms with Gasteiger partial charge in [0, 0.05) is 30.2 Å². The van der Waals surface area contributed by atoms with Crippen LogP contribution in [0.3, 0.4) is 0 Å². The number of rotatable bonds is 5. The number of aromatic nitrogens is 1. The van der Waals surface area contributed by atoms with Crippen LogP contribution in [0.2, 0.25) is 5.02 Å². The molecule has 0 unspecified atom stereocenters. The van der Waals surface area contributed by atoms with E-state index in [-0.39, 0.29) is 18.8 Å². The Morgan fingerprint density at radius 1 is 1.29 bits per heavy atom. The molecule has 1 aliphatic heterocycles. The number of halogens is 4. The Bertz CT molecular complexity index is 1240. The summed E-state index contributed by atoms with van der Waals surface area (Å²) in [6, 6.07) is 6.16. The highest BCUT2D eigenvalue weighted by Gasteiger charge is 2.33. The smallest absolute Gasteiger partial charge is 0.417 e. The summed E-state index contributed by atoms with van der Waals surface area (Å²) in [7, 11) is 0. The van der Waals surface area contributed by atoms with E-state index in [1.165, 1.54) is 16.7 Å². The predicted molar refractivity (Wildman–Crippen MR) is 115 cm³/mol. The zero-order valence-electron chi connectivity index (χ0n) is 18.0. The van der Waals surface area contributed by atoms with Gasteiger partial charge in [0.15, 0.2) is 6.61 Å². The van der Waals surface area contributed by atoms with E-state index >= 15 is 0 Å². The highest BCUT2D eigenvalue weighted by Crippen LogP contribution is 2.36. The van der Waals surface area contributed by atoms with E-state index in [1.807, 2.05) is 0 Å². The normalized spacial score (nSPS) is 14.1. The molecule has 0 spiro atoms. The molecule has 1 saturated heterocycles. The number of imide groups is 1. The third-order valence-corrected chi connectivity index (χ3v) is 5.44. The third-order valence-electron chi connectivity index (χ3n) is 5.11. The Morgan fingerprint density at radius 2 is 2.00 bits per heavy atom. The zero-order valence-corrected chi connectivity index (χ0v) is 18.8. The van der Waals surface area contributed by atoms with Gasteiger partial charge in [-0.05, 0) is 49.8 Å². The minimum atomic E-state index is -4.64. The van der Waals surface area contributed by atoms with E-state index in [2.05, 4.69) is 5.32 Å². The number of carbonyl (C=O) groups is 3. The van der Waals surface area contributed by atoms with Gasteiger partial charge in [0.2, 0.25) is 0 Å². The first kappa shape index (κ1) is 24.9. The maximum absolute atomic E-state index is 13.3. The molecule has 12 heteroatoms. The van der Waals surface area contributed by atoms with Crippen molar-refractivity contribution in [1.82, 2.24) is 14.8 Å². The van der Waals surface area contributed by atoms with Crippen molar-refractivity contribution < 1.29 is 32.3 Å². The fourth-order valence-electron chi connectivity index (χ4n) is 3.49. The Kier molecular flexibility index (Phi) is 7.02. The van der Waals surface area contributed by atoms with Gasteiger partial charge in [0.25, 0.3) is 5.91 Å². The molecule has 0 saturated carbocycles. The van der Waals surface area contributed by atoms with E-state index in [4.69, 9.17) is 16.3 Å². The lowest BCUT2D eigenvalue weighted by atomic mass is 10.1. The lowest BCUT2D eigenvalue weighted by Gasteiger charge is -2.14. The molecular weight excluding hydrogens is 477 g/mol. The monoisotopic (exact) mass is 494 g/mol. The molecule has 178 valence electrons. The van der Waals surface area contributed by atoms with Crippen LogP contribution in [-0.4, -0.2) is 47.1 Å². The van der Waals surface area contributed by atoms with Crippen LogP contribution in [0.5, 0.6) is 0 Å². The maximum Gasteiger partial charge on any atom is 0.417 e. The summed E-state index contributed by atoms with van der Waals surface area (Å²) in [6.45, 7) is 2.96. The second kappa shape index (κ2) is 9.61. The number of alkyl halides is 3. The molecule has 1 aliphatic rings. The molecule has 34 heavy (non-hydrogen) atoms. The predicted octanol–water partition coefficient (Wildman–Crippen LogP) is 3.77. The molecule has 2 aromatic rings. The fraction of sp³-hybridized carbons (Fsp3) is 0.273. The number of esters is 1. The van der Waals surface area contributed by atoms with Crippen molar-refractivity contribution in [2.24, 2.45) is 0 Å². The van der Waals surface area contributed by atoms with Crippen molar-refractivity contribution >= 4 is 35.6 Å². The number of nitriles is 1. The first-order chi connectivity index (χ1) is 15.9. The topological polar surface area (TPSA) is 104 Å². The van der Waals surface area contributed by atoms with Crippen molar-refractivity contribution in [2.45, 2.75) is 20.0 Å². The maximum atomic E-state index is 13.3. The lowest BCUT2D eigenvalue weighted by molar-refractivity contribution is -0.146. The van der Waals surface area contributed by atoms with Crippen LogP contribution in [0.4, 0.5) is 18.0 Å². The lowest BCUT2D eigenvalue weighted by Crippen LogP contribution is -2.37. The number of nitrogens with one attached hydrogen (secondary N) is 1. The first-order valence-electron chi connectivity index (χ1n) is 9.87. The van der Waals surface area contributed by atoms with Gasteiger partial charge in [-0.3, -0.25) is 9.69 Å². The summed E-state index contributed by atoms with van der Waals surface area (Å²) < 4.78 is 46.2. The molecule has 8 nitrogen and oxygen atoms in total. The average Bonchev–Trinajstić information content (AvgIpc) is 3.32. The molecule has 0 atom stereocenters. The SMILES string of the molecule is Cc1cc(/C=C(\C#N)C(=O)OCC(=O)N2CCNC2=O)c(C)n1-c1ccc(Cl)c(C(F)(F)F)c1. The van der Waals surface area contributed by atoms with Crippen molar-refractivity contribution in [3.63, 3.8) is 0 Å².